The van der Waals surface area contributed by atoms with Crippen LogP contribution in [0.1, 0.15) is 19.4 Å². The highest BCUT2D eigenvalue weighted by atomic mass is 35.5. The molecule has 0 aromatic heterocycles. The summed E-state index contributed by atoms with van der Waals surface area (Å²) in [5.74, 6) is 0.718. The number of ether oxygens (including phenoxy) is 1. The van der Waals surface area contributed by atoms with Gasteiger partial charge >= 0.3 is 0 Å². The Morgan fingerprint density at radius 1 is 1.14 bits per heavy atom. The van der Waals surface area contributed by atoms with Gasteiger partial charge in [-0.25, -0.2) is 0 Å². The van der Waals surface area contributed by atoms with E-state index < -0.39 is 10.7 Å². The maximum Gasteiger partial charge on any atom is 0.231 e. The zero-order valence-electron chi connectivity index (χ0n) is 12.6. The SMILES string of the molecule is CC(Oc1ccccc1)C(C)(Cc1ccc(Cl)cc1)C(=O)Cl. The summed E-state index contributed by atoms with van der Waals surface area (Å²) in [6.07, 6.45) is 0.121. The van der Waals surface area contributed by atoms with Gasteiger partial charge < -0.3 is 4.74 Å². The third-order valence-electron chi connectivity index (χ3n) is 3.89. The molecule has 2 unspecified atom stereocenters. The molecule has 0 heterocycles. The lowest BCUT2D eigenvalue weighted by Gasteiger charge is -2.32. The van der Waals surface area contributed by atoms with Crippen LogP contribution in [0.25, 0.3) is 0 Å². The van der Waals surface area contributed by atoms with E-state index >= 15 is 0 Å². The Labute approximate surface area is 141 Å². The Balaban J connectivity index is 2.19. The first kappa shape index (κ1) is 16.9. The predicted octanol–water partition coefficient (Wildman–Crippen LogP) is 5.12. The highest BCUT2D eigenvalue weighted by Gasteiger charge is 2.39. The van der Waals surface area contributed by atoms with Crippen LogP contribution in [0.3, 0.4) is 0 Å². The lowest BCUT2D eigenvalue weighted by molar-refractivity contribution is -0.124. The van der Waals surface area contributed by atoms with E-state index in [1.54, 1.807) is 12.1 Å². The van der Waals surface area contributed by atoms with Crippen molar-refractivity contribution in [3.05, 3.63) is 65.2 Å². The summed E-state index contributed by atoms with van der Waals surface area (Å²) >= 11 is 11.8. The topological polar surface area (TPSA) is 26.3 Å². The average molecular weight is 337 g/mol. The first-order valence-corrected chi connectivity index (χ1v) is 7.83. The minimum Gasteiger partial charge on any atom is -0.490 e. The van der Waals surface area contributed by atoms with Crippen LogP contribution in [0.5, 0.6) is 5.75 Å². The Hall–Kier alpha value is -1.51. The molecule has 2 atom stereocenters. The van der Waals surface area contributed by atoms with Gasteiger partial charge in [-0.3, -0.25) is 4.79 Å². The predicted molar refractivity (Wildman–Crippen MR) is 90.7 cm³/mol. The van der Waals surface area contributed by atoms with Gasteiger partial charge in [0.05, 0.1) is 5.41 Å². The summed E-state index contributed by atoms with van der Waals surface area (Å²) in [5.41, 5.74) is 0.162. The van der Waals surface area contributed by atoms with Crippen LogP contribution in [0.2, 0.25) is 5.02 Å². The number of para-hydroxylation sites is 1. The van der Waals surface area contributed by atoms with Gasteiger partial charge in [-0.1, -0.05) is 41.9 Å². The highest BCUT2D eigenvalue weighted by Crippen LogP contribution is 2.33. The number of halogens is 2. The fourth-order valence-corrected chi connectivity index (χ4v) is 2.58. The fourth-order valence-electron chi connectivity index (χ4n) is 2.23. The number of rotatable bonds is 6. The molecular weight excluding hydrogens is 319 g/mol. The zero-order chi connectivity index (χ0) is 16.2. The van der Waals surface area contributed by atoms with Gasteiger partial charge in [0, 0.05) is 5.02 Å². The molecule has 0 bridgehead atoms. The molecular formula is C18H18Cl2O2. The molecule has 116 valence electrons. The minimum absolute atomic E-state index is 0.365. The molecule has 0 aliphatic heterocycles. The van der Waals surface area contributed by atoms with Gasteiger partial charge in [-0.2, -0.15) is 0 Å². The molecule has 4 heteroatoms. The third kappa shape index (κ3) is 4.02. The Morgan fingerprint density at radius 3 is 2.27 bits per heavy atom. The minimum atomic E-state index is -0.828. The van der Waals surface area contributed by atoms with E-state index in [2.05, 4.69) is 0 Å². The van der Waals surface area contributed by atoms with Crippen LogP contribution in [0.15, 0.2) is 54.6 Å². The Bertz CT molecular complexity index is 625. The molecule has 0 fully saturated rings. The van der Waals surface area contributed by atoms with Gasteiger partial charge in [0.1, 0.15) is 11.9 Å². The van der Waals surface area contributed by atoms with Crippen molar-refractivity contribution in [1.82, 2.24) is 0 Å². The molecule has 2 aromatic rings. The lowest BCUT2D eigenvalue weighted by atomic mass is 9.80. The first-order valence-electron chi connectivity index (χ1n) is 7.08. The second-order valence-electron chi connectivity index (χ2n) is 5.57. The smallest absolute Gasteiger partial charge is 0.231 e. The van der Waals surface area contributed by atoms with E-state index in [9.17, 15) is 4.79 Å². The second kappa shape index (κ2) is 7.17. The lowest BCUT2D eigenvalue weighted by Crippen LogP contribution is -2.41. The van der Waals surface area contributed by atoms with Crippen LogP contribution in [0.4, 0.5) is 0 Å². The van der Waals surface area contributed by atoms with E-state index in [-0.39, 0.29) is 6.10 Å². The second-order valence-corrected chi connectivity index (χ2v) is 6.35. The van der Waals surface area contributed by atoms with Crippen molar-refractivity contribution in [2.45, 2.75) is 26.4 Å². The van der Waals surface area contributed by atoms with Crippen molar-refractivity contribution >= 4 is 28.4 Å². The molecule has 0 saturated carbocycles. The fraction of sp³-hybridized carbons (Fsp3) is 0.278. The number of benzene rings is 2. The summed E-state index contributed by atoms with van der Waals surface area (Å²) in [6.45, 7) is 3.69. The molecule has 0 aliphatic carbocycles. The molecule has 0 N–H and O–H groups in total. The molecule has 0 amide bonds. The van der Waals surface area contributed by atoms with Crippen molar-refractivity contribution in [3.8, 4) is 5.75 Å². The summed E-state index contributed by atoms with van der Waals surface area (Å²) in [5, 5.41) is 0.252. The number of carbonyl (C=O) groups excluding carboxylic acids is 1. The zero-order valence-corrected chi connectivity index (χ0v) is 14.1. The molecule has 0 spiro atoms. The largest absolute Gasteiger partial charge is 0.490 e. The van der Waals surface area contributed by atoms with E-state index in [0.29, 0.717) is 11.4 Å². The summed E-state index contributed by atoms with van der Waals surface area (Å²) in [7, 11) is 0. The van der Waals surface area contributed by atoms with Crippen molar-refractivity contribution in [3.63, 3.8) is 0 Å². The van der Waals surface area contributed by atoms with E-state index in [1.165, 1.54) is 0 Å². The number of carbonyl (C=O) groups is 1. The molecule has 2 nitrogen and oxygen atoms in total. The van der Waals surface area contributed by atoms with Gasteiger partial charge in [0.2, 0.25) is 5.24 Å². The quantitative estimate of drug-likeness (QED) is 0.684. The van der Waals surface area contributed by atoms with Gasteiger partial charge in [-0.15, -0.1) is 0 Å². The van der Waals surface area contributed by atoms with Crippen molar-refractivity contribution < 1.29 is 9.53 Å². The van der Waals surface area contributed by atoms with Crippen molar-refractivity contribution in [2.24, 2.45) is 5.41 Å². The van der Waals surface area contributed by atoms with Crippen molar-refractivity contribution in [1.29, 1.82) is 0 Å². The Morgan fingerprint density at radius 2 is 1.73 bits per heavy atom. The monoisotopic (exact) mass is 336 g/mol. The normalized spacial score (nSPS) is 14.9. The molecule has 0 radical (unpaired) electrons. The highest BCUT2D eigenvalue weighted by molar-refractivity contribution is 6.64. The summed E-state index contributed by atoms with van der Waals surface area (Å²) in [6, 6.07) is 16.8. The average Bonchev–Trinajstić information content (AvgIpc) is 2.50. The first-order chi connectivity index (χ1) is 10.4. The molecule has 2 rings (SSSR count). The van der Waals surface area contributed by atoms with Crippen molar-refractivity contribution in [2.75, 3.05) is 0 Å². The van der Waals surface area contributed by atoms with E-state index in [0.717, 1.165) is 11.3 Å². The summed E-state index contributed by atoms with van der Waals surface area (Å²) < 4.78 is 5.91. The Kier molecular flexibility index (Phi) is 5.49. The van der Waals surface area contributed by atoms with Crippen LogP contribution < -0.4 is 4.74 Å². The van der Waals surface area contributed by atoms with Crippen LogP contribution in [0, 0.1) is 5.41 Å². The molecule has 22 heavy (non-hydrogen) atoms. The van der Waals surface area contributed by atoms with E-state index in [4.69, 9.17) is 27.9 Å². The standard InChI is InChI=1S/C18H18Cl2O2/c1-13(22-16-6-4-3-5-7-16)18(2,17(20)21)12-14-8-10-15(19)11-9-14/h3-11,13H,12H2,1-2H3. The van der Waals surface area contributed by atoms with Crippen LogP contribution >= 0.6 is 23.2 Å². The number of hydrogen-bond acceptors (Lipinski definition) is 2. The van der Waals surface area contributed by atoms with Crippen LogP contribution in [-0.2, 0) is 11.2 Å². The molecule has 0 saturated heterocycles. The molecule has 0 aliphatic rings. The maximum atomic E-state index is 12.0. The summed E-state index contributed by atoms with van der Waals surface area (Å²) in [4.78, 5) is 12.0. The van der Waals surface area contributed by atoms with Gasteiger partial charge in [0.25, 0.3) is 0 Å². The number of hydrogen-bond donors (Lipinski definition) is 0. The van der Waals surface area contributed by atoms with Gasteiger partial charge in [-0.05, 0) is 61.7 Å². The maximum absolute atomic E-state index is 12.0. The van der Waals surface area contributed by atoms with Crippen LogP contribution in [-0.4, -0.2) is 11.3 Å². The van der Waals surface area contributed by atoms with Gasteiger partial charge in [0.15, 0.2) is 0 Å². The third-order valence-corrected chi connectivity index (χ3v) is 4.57. The van der Waals surface area contributed by atoms with E-state index in [1.807, 2.05) is 56.3 Å². The molecule has 2 aromatic carbocycles.